The van der Waals surface area contributed by atoms with E-state index >= 15 is 0 Å². The van der Waals surface area contributed by atoms with E-state index in [1.54, 1.807) is 11.3 Å². The molecule has 0 aliphatic rings. The molecule has 3 N–H and O–H groups in total. The van der Waals surface area contributed by atoms with E-state index in [1.807, 2.05) is 11.6 Å². The summed E-state index contributed by atoms with van der Waals surface area (Å²) in [6, 6.07) is 0.308. The topological polar surface area (TPSA) is 50.9 Å². The molecule has 0 fully saturated rings. The van der Waals surface area contributed by atoms with Crippen LogP contribution in [-0.4, -0.2) is 24.1 Å². The van der Waals surface area contributed by atoms with Crippen molar-refractivity contribution in [2.24, 2.45) is 11.7 Å². The standard InChI is InChI=1S/C12H23N3S/c1-9(2)11(13)4-5-14-8-10(3)12-15-6-7-16-12/h6-7,9-11,14H,4-5,8,13H2,1-3H3. The molecule has 2 atom stereocenters. The highest BCUT2D eigenvalue weighted by atomic mass is 32.1. The molecule has 1 heterocycles. The first-order valence-corrected chi connectivity index (χ1v) is 6.85. The summed E-state index contributed by atoms with van der Waals surface area (Å²) in [5.41, 5.74) is 5.98. The third kappa shape index (κ3) is 4.60. The Kier molecular flexibility index (Phi) is 5.95. The van der Waals surface area contributed by atoms with Crippen molar-refractivity contribution in [1.82, 2.24) is 10.3 Å². The van der Waals surface area contributed by atoms with E-state index in [0.29, 0.717) is 17.9 Å². The maximum absolute atomic E-state index is 5.98. The van der Waals surface area contributed by atoms with Crippen LogP contribution in [0.15, 0.2) is 11.6 Å². The molecule has 4 heteroatoms. The zero-order chi connectivity index (χ0) is 12.0. The Hall–Kier alpha value is -0.450. The van der Waals surface area contributed by atoms with Gasteiger partial charge in [-0.15, -0.1) is 11.3 Å². The van der Waals surface area contributed by atoms with Gasteiger partial charge >= 0.3 is 0 Å². The molecule has 0 aliphatic carbocycles. The summed E-state index contributed by atoms with van der Waals surface area (Å²) in [6.45, 7) is 8.52. The molecule has 0 aliphatic heterocycles. The SMILES string of the molecule is CC(CNCCC(N)C(C)C)c1nccs1. The highest BCUT2D eigenvalue weighted by molar-refractivity contribution is 7.09. The van der Waals surface area contributed by atoms with E-state index in [1.165, 1.54) is 5.01 Å². The predicted molar refractivity (Wildman–Crippen MR) is 70.8 cm³/mol. The third-order valence-corrected chi connectivity index (χ3v) is 3.84. The predicted octanol–water partition coefficient (Wildman–Crippen LogP) is 2.21. The number of hydrogen-bond acceptors (Lipinski definition) is 4. The van der Waals surface area contributed by atoms with Gasteiger partial charge in [-0.25, -0.2) is 4.98 Å². The van der Waals surface area contributed by atoms with Gasteiger partial charge in [-0.3, -0.25) is 0 Å². The van der Waals surface area contributed by atoms with Crippen molar-refractivity contribution in [2.45, 2.75) is 39.2 Å². The lowest BCUT2D eigenvalue weighted by Crippen LogP contribution is -2.32. The third-order valence-electron chi connectivity index (χ3n) is 2.83. The first-order chi connectivity index (χ1) is 7.61. The summed E-state index contributed by atoms with van der Waals surface area (Å²) in [5, 5.41) is 6.68. The molecular formula is C12H23N3S. The van der Waals surface area contributed by atoms with Crippen LogP contribution in [0.3, 0.4) is 0 Å². The highest BCUT2D eigenvalue weighted by Gasteiger charge is 2.09. The fraction of sp³-hybridized carbons (Fsp3) is 0.750. The number of aromatic nitrogens is 1. The van der Waals surface area contributed by atoms with Crippen LogP contribution >= 0.6 is 11.3 Å². The number of rotatable bonds is 7. The van der Waals surface area contributed by atoms with Crippen LogP contribution < -0.4 is 11.1 Å². The Bertz CT molecular complexity index is 272. The molecular weight excluding hydrogens is 218 g/mol. The van der Waals surface area contributed by atoms with E-state index < -0.39 is 0 Å². The number of nitrogens with one attached hydrogen (secondary N) is 1. The summed E-state index contributed by atoms with van der Waals surface area (Å²) < 4.78 is 0. The Morgan fingerprint density at radius 1 is 1.44 bits per heavy atom. The van der Waals surface area contributed by atoms with Crippen LogP contribution in [0.1, 0.15) is 38.1 Å². The van der Waals surface area contributed by atoms with Crippen LogP contribution in [0.2, 0.25) is 0 Å². The number of nitrogens with two attached hydrogens (primary N) is 1. The zero-order valence-electron chi connectivity index (χ0n) is 10.4. The second-order valence-electron chi connectivity index (χ2n) is 4.67. The molecule has 0 radical (unpaired) electrons. The Morgan fingerprint density at radius 3 is 2.75 bits per heavy atom. The van der Waals surface area contributed by atoms with Crippen LogP contribution in [0, 0.1) is 5.92 Å². The van der Waals surface area contributed by atoms with E-state index in [0.717, 1.165) is 19.5 Å². The monoisotopic (exact) mass is 241 g/mol. The summed E-state index contributed by atoms with van der Waals surface area (Å²) >= 11 is 1.72. The average Bonchev–Trinajstić information content (AvgIpc) is 2.76. The van der Waals surface area contributed by atoms with Crippen LogP contribution in [0.25, 0.3) is 0 Å². The Morgan fingerprint density at radius 2 is 2.19 bits per heavy atom. The summed E-state index contributed by atoms with van der Waals surface area (Å²) in [6.07, 6.45) is 2.91. The van der Waals surface area contributed by atoms with Crippen LogP contribution in [-0.2, 0) is 0 Å². The fourth-order valence-corrected chi connectivity index (χ4v) is 2.18. The molecule has 92 valence electrons. The molecule has 2 unspecified atom stereocenters. The lowest BCUT2D eigenvalue weighted by molar-refractivity contribution is 0.446. The molecule has 1 rings (SSSR count). The Balaban J connectivity index is 2.12. The molecule has 0 saturated carbocycles. The minimum Gasteiger partial charge on any atom is -0.327 e. The molecule has 0 bridgehead atoms. The van der Waals surface area contributed by atoms with E-state index in [9.17, 15) is 0 Å². The van der Waals surface area contributed by atoms with E-state index in [4.69, 9.17) is 5.73 Å². The van der Waals surface area contributed by atoms with E-state index in [2.05, 4.69) is 31.1 Å². The summed E-state index contributed by atoms with van der Waals surface area (Å²) in [5.74, 6) is 1.06. The number of nitrogens with zero attached hydrogens (tertiary/aromatic N) is 1. The molecule has 1 aromatic rings. The van der Waals surface area contributed by atoms with Gasteiger partial charge in [-0.2, -0.15) is 0 Å². The minimum absolute atomic E-state index is 0.308. The lowest BCUT2D eigenvalue weighted by atomic mass is 10.0. The van der Waals surface area contributed by atoms with Gasteiger partial charge in [0, 0.05) is 30.1 Å². The molecule has 0 amide bonds. The summed E-state index contributed by atoms with van der Waals surface area (Å²) in [7, 11) is 0. The van der Waals surface area contributed by atoms with Gasteiger partial charge in [0.1, 0.15) is 0 Å². The molecule has 0 saturated heterocycles. The van der Waals surface area contributed by atoms with Crippen molar-refractivity contribution >= 4 is 11.3 Å². The second kappa shape index (κ2) is 6.99. The van der Waals surface area contributed by atoms with Crippen LogP contribution in [0.5, 0.6) is 0 Å². The maximum Gasteiger partial charge on any atom is 0.0965 e. The van der Waals surface area contributed by atoms with Gasteiger partial charge < -0.3 is 11.1 Å². The van der Waals surface area contributed by atoms with Crippen molar-refractivity contribution in [3.8, 4) is 0 Å². The minimum atomic E-state index is 0.308. The van der Waals surface area contributed by atoms with Crippen molar-refractivity contribution in [1.29, 1.82) is 0 Å². The van der Waals surface area contributed by atoms with Crippen LogP contribution in [0.4, 0.5) is 0 Å². The zero-order valence-corrected chi connectivity index (χ0v) is 11.3. The fourth-order valence-electron chi connectivity index (χ4n) is 1.49. The van der Waals surface area contributed by atoms with Crippen molar-refractivity contribution in [3.63, 3.8) is 0 Å². The molecule has 0 aromatic carbocycles. The first kappa shape index (κ1) is 13.6. The number of thiazole rings is 1. The molecule has 16 heavy (non-hydrogen) atoms. The maximum atomic E-state index is 5.98. The van der Waals surface area contributed by atoms with Gasteiger partial charge in [-0.05, 0) is 18.9 Å². The van der Waals surface area contributed by atoms with Gasteiger partial charge in [0.2, 0.25) is 0 Å². The van der Waals surface area contributed by atoms with Crippen molar-refractivity contribution in [3.05, 3.63) is 16.6 Å². The van der Waals surface area contributed by atoms with Gasteiger partial charge in [-0.1, -0.05) is 20.8 Å². The summed E-state index contributed by atoms with van der Waals surface area (Å²) in [4.78, 5) is 4.31. The molecule has 3 nitrogen and oxygen atoms in total. The largest absolute Gasteiger partial charge is 0.327 e. The average molecular weight is 241 g/mol. The molecule has 1 aromatic heterocycles. The van der Waals surface area contributed by atoms with Gasteiger partial charge in [0.05, 0.1) is 5.01 Å². The lowest BCUT2D eigenvalue weighted by Gasteiger charge is -2.16. The number of hydrogen-bond donors (Lipinski definition) is 2. The quantitative estimate of drug-likeness (QED) is 0.720. The first-order valence-electron chi connectivity index (χ1n) is 5.97. The van der Waals surface area contributed by atoms with Crippen molar-refractivity contribution < 1.29 is 0 Å². The normalized spacial score (nSPS) is 15.3. The van der Waals surface area contributed by atoms with E-state index in [-0.39, 0.29) is 0 Å². The highest BCUT2D eigenvalue weighted by Crippen LogP contribution is 2.16. The van der Waals surface area contributed by atoms with Gasteiger partial charge in [0.15, 0.2) is 0 Å². The van der Waals surface area contributed by atoms with Gasteiger partial charge in [0.25, 0.3) is 0 Å². The smallest absolute Gasteiger partial charge is 0.0965 e. The molecule has 0 spiro atoms. The Labute approximate surface area is 102 Å². The van der Waals surface area contributed by atoms with Crippen molar-refractivity contribution in [2.75, 3.05) is 13.1 Å². The second-order valence-corrected chi connectivity index (χ2v) is 5.60.